The van der Waals surface area contributed by atoms with Gasteiger partial charge in [0.25, 0.3) is 5.56 Å². The lowest BCUT2D eigenvalue weighted by atomic mass is 10.1. The highest BCUT2D eigenvalue weighted by Crippen LogP contribution is 2.19. The lowest BCUT2D eigenvalue weighted by Crippen LogP contribution is -2.26. The summed E-state index contributed by atoms with van der Waals surface area (Å²) in [5.41, 5.74) is 3.42. The average molecular weight is 319 g/mol. The molecule has 2 heterocycles. The molecule has 0 radical (unpaired) electrons. The first-order chi connectivity index (χ1) is 10.2. The predicted octanol–water partition coefficient (Wildman–Crippen LogP) is 2.76. The van der Waals surface area contributed by atoms with Gasteiger partial charge in [-0.1, -0.05) is 11.3 Å². The lowest BCUT2D eigenvalue weighted by molar-refractivity contribution is 0.561. The van der Waals surface area contributed by atoms with Gasteiger partial charge in [0.15, 0.2) is 0 Å². The molecule has 0 saturated carbocycles. The van der Waals surface area contributed by atoms with Crippen LogP contribution >= 0.6 is 0 Å². The summed E-state index contributed by atoms with van der Waals surface area (Å²) in [7, 11) is 0. The van der Waals surface area contributed by atoms with Crippen molar-refractivity contribution >= 4 is 28.1 Å². The summed E-state index contributed by atoms with van der Waals surface area (Å²) in [4.78, 5) is 19.1. The van der Waals surface area contributed by atoms with Crippen molar-refractivity contribution in [2.45, 2.75) is 45.8 Å². The molecule has 118 valence electrons. The van der Waals surface area contributed by atoms with Crippen molar-refractivity contribution in [2.24, 2.45) is 4.40 Å². The summed E-state index contributed by atoms with van der Waals surface area (Å²) in [6.45, 7) is 9.36. The molecule has 0 aliphatic heterocycles. The number of aromatic amines is 1. The van der Waals surface area contributed by atoms with Gasteiger partial charge in [0.2, 0.25) is 0 Å². The molecule has 1 unspecified atom stereocenters. The summed E-state index contributed by atoms with van der Waals surface area (Å²) in [5.74, 6) is 0. The second kappa shape index (κ2) is 6.22. The normalized spacial score (nSPS) is 14.4. The first-order valence-electron chi connectivity index (χ1n) is 7.22. The maximum absolute atomic E-state index is 12.1. The summed E-state index contributed by atoms with van der Waals surface area (Å²) in [6, 6.07) is 3.62. The summed E-state index contributed by atoms with van der Waals surface area (Å²) >= 11 is -1.32. The Labute approximate surface area is 133 Å². The molecule has 0 fully saturated rings. The molecule has 6 heteroatoms. The Kier molecular flexibility index (Phi) is 4.72. The van der Waals surface area contributed by atoms with Crippen LogP contribution in [0, 0.1) is 0 Å². The number of aromatic nitrogens is 2. The van der Waals surface area contributed by atoms with Crippen LogP contribution in [-0.4, -0.2) is 25.0 Å². The fourth-order valence-corrected chi connectivity index (χ4v) is 2.53. The molecular formula is C16H21N3O2S. The zero-order valence-corrected chi connectivity index (χ0v) is 14.4. The zero-order chi connectivity index (χ0) is 16.5. The minimum atomic E-state index is -1.32. The maximum atomic E-state index is 12.1. The molecule has 22 heavy (non-hydrogen) atoms. The van der Waals surface area contributed by atoms with Crippen molar-refractivity contribution in [3.05, 3.63) is 39.8 Å². The van der Waals surface area contributed by atoms with Crippen LogP contribution in [0.2, 0.25) is 0 Å². The van der Waals surface area contributed by atoms with Crippen molar-refractivity contribution in [1.29, 1.82) is 0 Å². The molecular weight excluding hydrogens is 298 g/mol. The Bertz CT molecular complexity index is 775. The van der Waals surface area contributed by atoms with Gasteiger partial charge in [-0.15, -0.1) is 0 Å². The molecule has 2 aromatic heterocycles. The van der Waals surface area contributed by atoms with Gasteiger partial charge in [0.1, 0.15) is 16.1 Å². The Morgan fingerprint density at radius 3 is 2.68 bits per heavy atom. The van der Waals surface area contributed by atoms with E-state index >= 15 is 0 Å². The quantitative estimate of drug-likeness (QED) is 0.697. The molecule has 0 bridgehead atoms. The van der Waals surface area contributed by atoms with Crippen LogP contribution in [0.4, 0.5) is 0 Å². The van der Waals surface area contributed by atoms with Crippen molar-refractivity contribution in [2.75, 3.05) is 0 Å². The highest BCUT2D eigenvalue weighted by molar-refractivity contribution is 7.91. The summed E-state index contributed by atoms with van der Waals surface area (Å²) in [6.07, 6.45) is 2.36. The molecule has 1 N–H and O–H groups in total. The van der Waals surface area contributed by atoms with Gasteiger partial charge < -0.3 is 9.54 Å². The highest BCUT2D eigenvalue weighted by atomic mass is 32.2. The second-order valence-corrected chi connectivity index (χ2v) is 8.08. The molecule has 0 aromatic carbocycles. The Hall–Kier alpha value is -1.66. The fourth-order valence-electron chi connectivity index (χ4n) is 1.90. The average Bonchev–Trinajstić information content (AvgIpc) is 2.44. The summed E-state index contributed by atoms with van der Waals surface area (Å²) < 4.78 is 15.9. The minimum Gasteiger partial charge on any atom is -0.591 e. The van der Waals surface area contributed by atoms with Gasteiger partial charge in [0.05, 0.1) is 16.7 Å². The van der Waals surface area contributed by atoms with Crippen LogP contribution in [-0.2, 0) is 17.8 Å². The van der Waals surface area contributed by atoms with E-state index in [0.717, 1.165) is 11.1 Å². The fraction of sp³-hybridized carbons (Fsp3) is 0.438. The molecule has 5 nitrogen and oxygen atoms in total. The first kappa shape index (κ1) is 16.7. The number of H-pyrrole nitrogens is 1. The number of fused-ring (bicyclic) bond motifs is 1. The third kappa shape index (κ3) is 3.56. The van der Waals surface area contributed by atoms with Crippen molar-refractivity contribution in [1.82, 2.24) is 9.97 Å². The van der Waals surface area contributed by atoms with E-state index in [-0.39, 0.29) is 5.56 Å². The van der Waals surface area contributed by atoms with E-state index in [4.69, 9.17) is 0 Å². The predicted molar refractivity (Wildman–Crippen MR) is 91.8 cm³/mol. The number of nitrogens with zero attached hydrogens (tertiary/aromatic N) is 2. The second-order valence-electron chi connectivity index (χ2n) is 6.17. The van der Waals surface area contributed by atoms with E-state index in [2.05, 4.69) is 14.4 Å². The van der Waals surface area contributed by atoms with Gasteiger partial charge in [-0.25, -0.2) is 0 Å². The number of hydrogen-bond donors (Lipinski definition) is 1. The highest BCUT2D eigenvalue weighted by Gasteiger charge is 2.26. The first-order valence-corrected chi connectivity index (χ1v) is 8.32. The number of nitrogens with one attached hydrogen (secondary N) is 1. The Morgan fingerprint density at radius 2 is 2.09 bits per heavy atom. The number of hydrogen-bond acceptors (Lipinski definition) is 4. The Morgan fingerprint density at radius 1 is 1.41 bits per heavy atom. The van der Waals surface area contributed by atoms with E-state index in [9.17, 15) is 9.35 Å². The van der Waals surface area contributed by atoms with E-state index in [0.29, 0.717) is 23.2 Å². The standard InChI is InChI=1S/C16H21N3O2S/c1-6-11-7-13-14(18-15(11)20)8-12(9-17-13)10(2)19-22(21)16(3,4)5/h7-9H,6H2,1-5H3,(H,18,20). The molecule has 0 amide bonds. The van der Waals surface area contributed by atoms with E-state index in [1.165, 1.54) is 0 Å². The third-order valence-electron chi connectivity index (χ3n) is 3.31. The molecule has 0 saturated heterocycles. The van der Waals surface area contributed by atoms with E-state index in [1.807, 2.05) is 33.8 Å². The molecule has 0 aliphatic carbocycles. The van der Waals surface area contributed by atoms with Gasteiger partial charge in [0, 0.05) is 17.3 Å². The van der Waals surface area contributed by atoms with Gasteiger partial charge in [-0.3, -0.25) is 9.78 Å². The Balaban J connectivity index is 2.45. The van der Waals surface area contributed by atoms with Gasteiger partial charge in [-0.2, -0.15) is 0 Å². The SMILES string of the molecule is CCc1cc2ncc(C(C)=N[S+]([O-])C(C)(C)C)cc2[nH]c1=O. The maximum Gasteiger partial charge on any atom is 0.251 e. The van der Waals surface area contributed by atoms with Crippen molar-refractivity contribution < 1.29 is 4.55 Å². The molecule has 2 rings (SSSR count). The zero-order valence-electron chi connectivity index (χ0n) is 13.6. The molecule has 0 spiro atoms. The van der Waals surface area contributed by atoms with Crippen LogP contribution in [0.1, 0.15) is 45.7 Å². The number of pyridine rings is 2. The molecule has 0 aliphatic rings. The monoisotopic (exact) mass is 319 g/mol. The van der Waals surface area contributed by atoms with Crippen LogP contribution in [0.25, 0.3) is 11.0 Å². The van der Waals surface area contributed by atoms with Gasteiger partial charge in [-0.05, 0) is 46.2 Å². The third-order valence-corrected chi connectivity index (χ3v) is 4.80. The molecule has 2 aromatic rings. The largest absolute Gasteiger partial charge is 0.591 e. The van der Waals surface area contributed by atoms with Crippen LogP contribution in [0.3, 0.4) is 0 Å². The van der Waals surface area contributed by atoms with Crippen LogP contribution in [0.5, 0.6) is 0 Å². The lowest BCUT2D eigenvalue weighted by Gasteiger charge is -2.18. The minimum absolute atomic E-state index is 0.0955. The van der Waals surface area contributed by atoms with Crippen molar-refractivity contribution in [3.8, 4) is 0 Å². The van der Waals surface area contributed by atoms with E-state index < -0.39 is 16.1 Å². The number of aryl methyl sites for hydroxylation is 1. The number of rotatable bonds is 3. The van der Waals surface area contributed by atoms with Gasteiger partial charge >= 0.3 is 0 Å². The van der Waals surface area contributed by atoms with Crippen LogP contribution < -0.4 is 5.56 Å². The molecule has 1 atom stereocenters. The smallest absolute Gasteiger partial charge is 0.251 e. The summed E-state index contributed by atoms with van der Waals surface area (Å²) in [5, 5.41) is 0. The van der Waals surface area contributed by atoms with E-state index in [1.54, 1.807) is 19.2 Å². The van der Waals surface area contributed by atoms with Crippen molar-refractivity contribution in [3.63, 3.8) is 0 Å². The topological polar surface area (TPSA) is 81.2 Å². The van der Waals surface area contributed by atoms with Crippen LogP contribution in [0.15, 0.2) is 27.5 Å².